The third kappa shape index (κ3) is 3.62. The van der Waals surface area contributed by atoms with Gasteiger partial charge in [-0.05, 0) is 54.8 Å². The van der Waals surface area contributed by atoms with E-state index in [0.29, 0.717) is 30.6 Å². The van der Waals surface area contributed by atoms with Gasteiger partial charge in [-0.2, -0.15) is 18.3 Å². The van der Waals surface area contributed by atoms with Crippen LogP contribution in [-0.4, -0.2) is 29.3 Å². The lowest BCUT2D eigenvalue weighted by molar-refractivity contribution is -0.137. The Bertz CT molecular complexity index is 1110. The van der Waals surface area contributed by atoms with Gasteiger partial charge < -0.3 is 9.64 Å². The molecule has 0 N–H and O–H groups in total. The average molecular weight is 419 g/mol. The Morgan fingerprint density at radius 3 is 2.70 bits per heavy atom. The number of benzene rings is 2. The molecule has 0 unspecified atom stereocenters. The Balaban J connectivity index is 1.72. The summed E-state index contributed by atoms with van der Waals surface area (Å²) in [5.41, 5.74) is 0.582. The molecule has 1 aliphatic heterocycles. The predicted molar refractivity (Wildman–Crippen MR) is 102 cm³/mol. The maximum Gasteiger partial charge on any atom is 0.416 e. The van der Waals surface area contributed by atoms with Crippen molar-refractivity contribution in [2.24, 2.45) is 0 Å². The monoisotopic (exact) mass is 419 g/mol. The zero-order chi connectivity index (χ0) is 21.5. The van der Waals surface area contributed by atoms with E-state index in [1.165, 1.54) is 53.2 Å². The van der Waals surface area contributed by atoms with Crippen molar-refractivity contribution in [2.45, 2.75) is 19.0 Å². The Hall–Kier alpha value is -3.36. The fraction of sp³-hybridized carbons (Fsp3) is 0.238. The van der Waals surface area contributed by atoms with Crippen LogP contribution in [0.1, 0.15) is 28.0 Å². The van der Waals surface area contributed by atoms with Gasteiger partial charge in [0, 0.05) is 12.2 Å². The van der Waals surface area contributed by atoms with Crippen LogP contribution in [0.2, 0.25) is 0 Å². The van der Waals surface area contributed by atoms with E-state index in [9.17, 15) is 22.4 Å². The van der Waals surface area contributed by atoms with Gasteiger partial charge in [-0.25, -0.2) is 9.07 Å². The summed E-state index contributed by atoms with van der Waals surface area (Å²) < 4.78 is 59.1. The van der Waals surface area contributed by atoms with Crippen LogP contribution in [0.3, 0.4) is 0 Å². The number of fused-ring (bicyclic) bond motifs is 1. The van der Waals surface area contributed by atoms with Crippen LogP contribution in [0.5, 0.6) is 5.75 Å². The summed E-state index contributed by atoms with van der Waals surface area (Å²) >= 11 is 0. The van der Waals surface area contributed by atoms with Crippen LogP contribution < -0.4 is 9.64 Å². The fourth-order valence-electron chi connectivity index (χ4n) is 3.52. The van der Waals surface area contributed by atoms with Crippen molar-refractivity contribution in [2.75, 3.05) is 18.6 Å². The first-order valence-corrected chi connectivity index (χ1v) is 9.19. The van der Waals surface area contributed by atoms with E-state index in [1.54, 1.807) is 0 Å². The molecule has 0 aliphatic carbocycles. The number of carbonyl (C=O) groups excluding carboxylic acids is 1. The average Bonchev–Trinajstić information content (AvgIpc) is 3.16. The number of rotatable bonds is 3. The molecule has 0 saturated carbocycles. The standard InChI is InChI=1S/C21H17F4N3O2/c1-30-18-12-28(16-6-2-5-14(11-16)21(23,24)25)26-19(18)20(29)27-9-3-4-13-10-15(22)7-8-17(13)27/h2,5-8,10-12H,3-4,9H2,1H3. The van der Waals surface area contributed by atoms with Gasteiger partial charge in [0.05, 0.1) is 24.6 Å². The summed E-state index contributed by atoms with van der Waals surface area (Å²) in [7, 11) is 1.35. The number of ether oxygens (including phenoxy) is 1. The van der Waals surface area contributed by atoms with Gasteiger partial charge in [0.25, 0.3) is 5.91 Å². The number of aromatic nitrogens is 2. The number of carbonyl (C=O) groups is 1. The number of aryl methyl sites for hydroxylation is 1. The molecular weight excluding hydrogens is 402 g/mol. The van der Waals surface area contributed by atoms with Gasteiger partial charge in [0.2, 0.25) is 0 Å². The molecule has 2 aromatic carbocycles. The van der Waals surface area contributed by atoms with Crippen molar-refractivity contribution in [3.05, 3.63) is 71.3 Å². The molecule has 1 aliphatic rings. The van der Waals surface area contributed by atoms with E-state index >= 15 is 0 Å². The minimum Gasteiger partial charge on any atom is -0.493 e. The first-order valence-electron chi connectivity index (χ1n) is 9.19. The van der Waals surface area contributed by atoms with E-state index in [0.717, 1.165) is 12.1 Å². The number of alkyl halides is 3. The number of hydrogen-bond donors (Lipinski definition) is 0. The first-order chi connectivity index (χ1) is 14.3. The molecule has 9 heteroatoms. The number of amides is 1. The highest BCUT2D eigenvalue weighted by Gasteiger charge is 2.31. The van der Waals surface area contributed by atoms with Crippen LogP contribution >= 0.6 is 0 Å². The van der Waals surface area contributed by atoms with Crippen LogP contribution in [0.25, 0.3) is 5.69 Å². The van der Waals surface area contributed by atoms with Crippen LogP contribution in [0.15, 0.2) is 48.7 Å². The van der Waals surface area contributed by atoms with Crippen LogP contribution in [0.4, 0.5) is 23.2 Å². The second-order valence-corrected chi connectivity index (χ2v) is 6.87. The maximum atomic E-state index is 13.6. The van der Waals surface area contributed by atoms with E-state index in [2.05, 4.69) is 5.10 Å². The highest BCUT2D eigenvalue weighted by Crippen LogP contribution is 2.32. The quantitative estimate of drug-likeness (QED) is 0.582. The lowest BCUT2D eigenvalue weighted by Crippen LogP contribution is -2.36. The van der Waals surface area contributed by atoms with Crippen molar-refractivity contribution in [3.63, 3.8) is 0 Å². The molecule has 0 spiro atoms. The van der Waals surface area contributed by atoms with Gasteiger partial charge >= 0.3 is 6.18 Å². The van der Waals surface area contributed by atoms with E-state index < -0.39 is 17.6 Å². The second-order valence-electron chi connectivity index (χ2n) is 6.87. The summed E-state index contributed by atoms with van der Waals surface area (Å²) in [5, 5.41) is 4.20. The first kappa shape index (κ1) is 19.9. The minimum absolute atomic E-state index is 0.0351. The molecule has 2 heterocycles. The Morgan fingerprint density at radius 2 is 1.97 bits per heavy atom. The molecule has 1 aromatic heterocycles. The summed E-state index contributed by atoms with van der Waals surface area (Å²) in [6.45, 7) is 0.414. The van der Waals surface area contributed by atoms with Gasteiger partial charge in [-0.1, -0.05) is 6.07 Å². The number of halogens is 4. The number of hydrogen-bond acceptors (Lipinski definition) is 3. The molecule has 5 nitrogen and oxygen atoms in total. The molecule has 30 heavy (non-hydrogen) atoms. The Labute approximate surface area is 169 Å². The van der Waals surface area contributed by atoms with Crippen molar-refractivity contribution < 1.29 is 27.1 Å². The molecule has 0 saturated heterocycles. The molecule has 0 fully saturated rings. The molecule has 0 atom stereocenters. The zero-order valence-electron chi connectivity index (χ0n) is 15.9. The molecular formula is C21H17F4N3O2. The summed E-state index contributed by atoms with van der Waals surface area (Å²) in [6.07, 6.45) is -1.84. The summed E-state index contributed by atoms with van der Waals surface area (Å²) in [5.74, 6) is -0.716. The van der Waals surface area contributed by atoms with Crippen molar-refractivity contribution in [1.29, 1.82) is 0 Å². The van der Waals surface area contributed by atoms with Gasteiger partial charge in [-0.15, -0.1) is 0 Å². The molecule has 1 amide bonds. The zero-order valence-corrected chi connectivity index (χ0v) is 15.9. The number of nitrogens with zero attached hydrogens (tertiary/aromatic N) is 3. The topological polar surface area (TPSA) is 47.4 Å². The third-order valence-corrected chi connectivity index (χ3v) is 4.95. The van der Waals surface area contributed by atoms with E-state index in [-0.39, 0.29) is 22.9 Å². The molecule has 0 radical (unpaired) electrons. The fourth-order valence-corrected chi connectivity index (χ4v) is 3.52. The molecule has 3 aromatic rings. The van der Waals surface area contributed by atoms with Crippen molar-refractivity contribution in [3.8, 4) is 11.4 Å². The van der Waals surface area contributed by atoms with Crippen LogP contribution in [0, 0.1) is 5.82 Å². The largest absolute Gasteiger partial charge is 0.493 e. The lowest BCUT2D eigenvalue weighted by Gasteiger charge is -2.29. The van der Waals surface area contributed by atoms with Gasteiger partial charge in [-0.3, -0.25) is 4.79 Å². The Morgan fingerprint density at radius 1 is 1.17 bits per heavy atom. The molecule has 0 bridgehead atoms. The minimum atomic E-state index is -4.50. The molecule has 4 rings (SSSR count). The Kier molecular flexibility index (Phi) is 4.97. The van der Waals surface area contributed by atoms with Gasteiger partial charge in [0.15, 0.2) is 11.4 Å². The summed E-state index contributed by atoms with van der Waals surface area (Å²) in [4.78, 5) is 14.7. The predicted octanol–water partition coefficient (Wildman–Crippen LogP) is 4.63. The number of anilines is 1. The summed E-state index contributed by atoms with van der Waals surface area (Å²) in [6, 6.07) is 8.84. The van der Waals surface area contributed by atoms with Crippen molar-refractivity contribution >= 4 is 11.6 Å². The van der Waals surface area contributed by atoms with E-state index in [1.807, 2.05) is 0 Å². The molecule has 156 valence electrons. The maximum absolute atomic E-state index is 13.6. The normalized spacial score (nSPS) is 13.8. The number of methoxy groups -OCH3 is 1. The second kappa shape index (κ2) is 7.47. The SMILES string of the molecule is COc1cn(-c2cccc(C(F)(F)F)c2)nc1C(=O)N1CCCc2cc(F)ccc21. The third-order valence-electron chi connectivity index (χ3n) is 4.95. The lowest BCUT2D eigenvalue weighted by atomic mass is 10.0. The highest BCUT2D eigenvalue weighted by atomic mass is 19.4. The van der Waals surface area contributed by atoms with Crippen LogP contribution in [-0.2, 0) is 12.6 Å². The van der Waals surface area contributed by atoms with Gasteiger partial charge in [0.1, 0.15) is 5.82 Å². The van der Waals surface area contributed by atoms with Crippen molar-refractivity contribution in [1.82, 2.24) is 9.78 Å². The van der Waals surface area contributed by atoms with E-state index in [4.69, 9.17) is 4.74 Å². The smallest absolute Gasteiger partial charge is 0.416 e. The highest BCUT2D eigenvalue weighted by molar-refractivity contribution is 6.07.